The minimum atomic E-state index is -0.0937. The predicted molar refractivity (Wildman–Crippen MR) is 122 cm³/mol. The van der Waals surface area contributed by atoms with Gasteiger partial charge in [0.05, 0.1) is 22.0 Å². The van der Waals surface area contributed by atoms with E-state index in [9.17, 15) is 9.59 Å². The number of nitrogens with one attached hydrogen (secondary N) is 2. The molecule has 31 heavy (non-hydrogen) atoms. The standard InChI is InChI=1S/C24H28N4O2S/c1-15(20-9-10-21(31-20)24(30)28-11-5-2-6-12-28)25-22(29)14-16-13-17(16)23-26-18-7-3-4-8-19(18)27-23/h3-4,7-10,15-17H,2,5-6,11-14H2,1H3,(H,25,29)(H,26,27)/t15-,16+,17-/m1/s1. The Labute approximate surface area is 186 Å². The Morgan fingerprint density at radius 3 is 2.81 bits per heavy atom. The number of para-hydroxylation sites is 2. The van der Waals surface area contributed by atoms with Crippen LogP contribution in [0.15, 0.2) is 36.4 Å². The Kier molecular flexibility index (Phi) is 5.52. The van der Waals surface area contributed by atoms with Crippen LogP contribution in [0.25, 0.3) is 11.0 Å². The molecule has 1 saturated carbocycles. The number of aromatic amines is 1. The molecule has 3 aromatic rings. The third-order valence-electron chi connectivity index (χ3n) is 6.41. The summed E-state index contributed by atoms with van der Waals surface area (Å²) in [4.78, 5) is 37.1. The molecular weight excluding hydrogens is 408 g/mol. The lowest BCUT2D eigenvalue weighted by atomic mass is 10.1. The second kappa shape index (κ2) is 8.46. The van der Waals surface area contributed by atoms with Crippen molar-refractivity contribution in [2.45, 2.75) is 51.0 Å². The zero-order valence-electron chi connectivity index (χ0n) is 17.8. The van der Waals surface area contributed by atoms with E-state index in [1.54, 1.807) is 0 Å². The zero-order chi connectivity index (χ0) is 21.4. The highest BCUT2D eigenvalue weighted by Gasteiger charge is 2.42. The molecule has 5 rings (SSSR count). The molecule has 7 heteroatoms. The lowest BCUT2D eigenvalue weighted by Gasteiger charge is -2.26. The molecule has 2 amide bonds. The highest BCUT2D eigenvalue weighted by molar-refractivity contribution is 7.14. The van der Waals surface area contributed by atoms with Gasteiger partial charge in [-0.25, -0.2) is 4.98 Å². The fourth-order valence-electron chi connectivity index (χ4n) is 4.52. The second-order valence-electron chi connectivity index (χ2n) is 8.79. The maximum atomic E-state index is 12.7. The number of benzene rings is 1. The van der Waals surface area contributed by atoms with Gasteiger partial charge < -0.3 is 15.2 Å². The molecule has 2 N–H and O–H groups in total. The van der Waals surface area contributed by atoms with Gasteiger partial charge in [-0.1, -0.05) is 12.1 Å². The van der Waals surface area contributed by atoms with Crippen molar-refractivity contribution in [3.8, 4) is 0 Å². The minimum absolute atomic E-state index is 0.0634. The van der Waals surface area contributed by atoms with E-state index in [1.807, 2.05) is 48.2 Å². The Morgan fingerprint density at radius 1 is 1.19 bits per heavy atom. The van der Waals surface area contributed by atoms with Crippen LogP contribution < -0.4 is 5.32 Å². The van der Waals surface area contributed by atoms with Gasteiger partial charge in [-0.05, 0) is 62.8 Å². The number of aromatic nitrogens is 2. The SMILES string of the molecule is C[C@@H](NC(=O)C[C@@H]1C[C@H]1c1nc2ccccc2[nH]1)c1ccc(C(=O)N2CCCCC2)s1. The van der Waals surface area contributed by atoms with Gasteiger partial charge in [-0.3, -0.25) is 9.59 Å². The lowest BCUT2D eigenvalue weighted by molar-refractivity contribution is -0.122. The fraction of sp³-hybridized carbons (Fsp3) is 0.458. The molecule has 3 atom stereocenters. The molecule has 1 saturated heterocycles. The Bertz CT molecular complexity index is 1060. The van der Waals surface area contributed by atoms with Crippen molar-refractivity contribution in [1.82, 2.24) is 20.2 Å². The van der Waals surface area contributed by atoms with Gasteiger partial charge in [0, 0.05) is 30.3 Å². The average Bonchev–Trinajstić information content (AvgIpc) is 3.18. The van der Waals surface area contributed by atoms with Crippen LogP contribution >= 0.6 is 11.3 Å². The third-order valence-corrected chi connectivity index (χ3v) is 7.67. The smallest absolute Gasteiger partial charge is 0.263 e. The highest BCUT2D eigenvalue weighted by atomic mass is 32.1. The first-order valence-electron chi connectivity index (χ1n) is 11.2. The van der Waals surface area contributed by atoms with Crippen molar-refractivity contribution in [3.05, 3.63) is 52.0 Å². The molecule has 0 radical (unpaired) electrons. The first-order chi connectivity index (χ1) is 15.1. The van der Waals surface area contributed by atoms with Gasteiger partial charge in [0.2, 0.25) is 5.91 Å². The fourth-order valence-corrected chi connectivity index (χ4v) is 5.50. The predicted octanol–water partition coefficient (Wildman–Crippen LogP) is 4.62. The molecule has 2 aromatic heterocycles. The first kappa shape index (κ1) is 20.2. The number of rotatable bonds is 6. The second-order valence-corrected chi connectivity index (χ2v) is 9.91. The number of nitrogens with zero attached hydrogens (tertiary/aromatic N) is 2. The van der Waals surface area contributed by atoms with E-state index >= 15 is 0 Å². The van der Waals surface area contributed by atoms with E-state index in [1.165, 1.54) is 17.8 Å². The first-order valence-corrected chi connectivity index (χ1v) is 12.0. The number of hydrogen-bond acceptors (Lipinski definition) is 4. The monoisotopic (exact) mass is 436 g/mol. The van der Waals surface area contributed by atoms with Crippen molar-refractivity contribution in [1.29, 1.82) is 0 Å². The molecule has 3 heterocycles. The van der Waals surface area contributed by atoms with E-state index in [2.05, 4.69) is 15.3 Å². The van der Waals surface area contributed by atoms with Crippen LogP contribution in [0, 0.1) is 5.92 Å². The Hall–Kier alpha value is -2.67. The average molecular weight is 437 g/mol. The van der Waals surface area contributed by atoms with Gasteiger partial charge >= 0.3 is 0 Å². The van der Waals surface area contributed by atoms with E-state index in [-0.39, 0.29) is 17.9 Å². The molecule has 6 nitrogen and oxygen atoms in total. The normalized spacial score (nSPS) is 21.8. The summed E-state index contributed by atoms with van der Waals surface area (Å²) in [6.07, 6.45) is 4.89. The highest BCUT2D eigenvalue weighted by Crippen LogP contribution is 2.48. The number of carbonyl (C=O) groups excluding carboxylic acids is 2. The van der Waals surface area contributed by atoms with E-state index in [4.69, 9.17) is 0 Å². The molecule has 162 valence electrons. The van der Waals surface area contributed by atoms with Crippen molar-refractivity contribution in [2.24, 2.45) is 5.92 Å². The Balaban J connectivity index is 1.14. The maximum absolute atomic E-state index is 12.7. The van der Waals surface area contributed by atoms with Crippen LogP contribution in [0.2, 0.25) is 0 Å². The van der Waals surface area contributed by atoms with Crippen LogP contribution in [0.3, 0.4) is 0 Å². The Morgan fingerprint density at radius 2 is 2.00 bits per heavy atom. The number of carbonyl (C=O) groups is 2. The van der Waals surface area contributed by atoms with Crippen LogP contribution in [0.5, 0.6) is 0 Å². The van der Waals surface area contributed by atoms with Gasteiger partial charge in [-0.15, -0.1) is 11.3 Å². The molecule has 2 aliphatic rings. The summed E-state index contributed by atoms with van der Waals surface area (Å²) < 4.78 is 0. The van der Waals surface area contributed by atoms with Gasteiger partial charge in [-0.2, -0.15) is 0 Å². The number of amides is 2. The van der Waals surface area contributed by atoms with Crippen molar-refractivity contribution < 1.29 is 9.59 Å². The van der Waals surface area contributed by atoms with Crippen LogP contribution in [-0.4, -0.2) is 39.8 Å². The topological polar surface area (TPSA) is 78.1 Å². The van der Waals surface area contributed by atoms with Crippen molar-refractivity contribution >= 4 is 34.2 Å². The molecule has 1 aliphatic heterocycles. The minimum Gasteiger partial charge on any atom is -0.349 e. The van der Waals surface area contributed by atoms with Crippen LogP contribution in [-0.2, 0) is 4.79 Å². The number of imidazole rings is 1. The molecule has 1 aliphatic carbocycles. The number of hydrogen-bond donors (Lipinski definition) is 2. The summed E-state index contributed by atoms with van der Waals surface area (Å²) in [6, 6.07) is 11.8. The molecule has 0 unspecified atom stereocenters. The number of thiophene rings is 1. The van der Waals surface area contributed by atoms with E-state index in [0.717, 1.165) is 59.0 Å². The molecule has 2 fully saturated rings. The number of H-pyrrole nitrogens is 1. The molecule has 0 bridgehead atoms. The maximum Gasteiger partial charge on any atom is 0.263 e. The summed E-state index contributed by atoms with van der Waals surface area (Å²) in [5, 5.41) is 3.11. The summed E-state index contributed by atoms with van der Waals surface area (Å²) in [5.74, 6) is 1.86. The zero-order valence-corrected chi connectivity index (χ0v) is 18.6. The lowest BCUT2D eigenvalue weighted by Crippen LogP contribution is -2.35. The molecular formula is C24H28N4O2S. The summed E-state index contributed by atoms with van der Waals surface area (Å²) >= 11 is 1.50. The summed E-state index contributed by atoms with van der Waals surface area (Å²) in [7, 11) is 0. The quantitative estimate of drug-likeness (QED) is 0.592. The number of fused-ring (bicyclic) bond motifs is 1. The van der Waals surface area contributed by atoms with E-state index < -0.39 is 0 Å². The summed E-state index contributed by atoms with van der Waals surface area (Å²) in [6.45, 7) is 3.70. The van der Waals surface area contributed by atoms with Gasteiger partial charge in [0.1, 0.15) is 5.82 Å². The van der Waals surface area contributed by atoms with Crippen LogP contribution in [0.4, 0.5) is 0 Å². The molecule has 1 aromatic carbocycles. The van der Waals surface area contributed by atoms with E-state index in [0.29, 0.717) is 18.3 Å². The summed E-state index contributed by atoms with van der Waals surface area (Å²) in [5.41, 5.74) is 2.03. The van der Waals surface area contributed by atoms with Crippen LogP contribution in [0.1, 0.15) is 71.4 Å². The number of likely N-dealkylation sites (tertiary alicyclic amines) is 1. The van der Waals surface area contributed by atoms with Gasteiger partial charge in [0.15, 0.2) is 0 Å². The third kappa shape index (κ3) is 4.37. The van der Waals surface area contributed by atoms with Gasteiger partial charge in [0.25, 0.3) is 5.91 Å². The number of piperidine rings is 1. The molecule has 0 spiro atoms. The van der Waals surface area contributed by atoms with Crippen molar-refractivity contribution in [3.63, 3.8) is 0 Å². The van der Waals surface area contributed by atoms with Crippen molar-refractivity contribution in [2.75, 3.05) is 13.1 Å². The largest absolute Gasteiger partial charge is 0.349 e.